The number of aliphatic hydroxyl groups is 1. The Morgan fingerprint density at radius 3 is 2.17 bits per heavy atom. The Morgan fingerprint density at radius 2 is 1.58 bits per heavy atom. The lowest BCUT2D eigenvalue weighted by Crippen LogP contribution is -2.57. The van der Waals surface area contributed by atoms with Crippen LogP contribution in [0.5, 0.6) is 0 Å². The van der Waals surface area contributed by atoms with Crippen molar-refractivity contribution in [2.75, 3.05) is 32.7 Å². The molecule has 13 nitrogen and oxygen atoms in total. The number of hydrogen-bond donors (Lipinski definition) is 2. The van der Waals surface area contributed by atoms with Gasteiger partial charge in [0.05, 0.1) is 43.1 Å². The quantitative estimate of drug-likeness (QED) is 0.198. The first-order valence-electron chi connectivity index (χ1n) is 15.3. The van der Waals surface area contributed by atoms with Crippen molar-refractivity contribution in [3.8, 4) is 22.5 Å². The SMILES string of the molecule is CO[C@H]1C[SH]([C@@H]2COC[C@H](n3cc(-c4cccc(F)c4)nn3)[C@H]2O)[C@H](COC(C)=O)[C@H](OC(C)=O)[C@H]1n1cc(-c2cccc(F)c2)nn1. The molecular weight excluding hydrogens is 650 g/mol. The summed E-state index contributed by atoms with van der Waals surface area (Å²) in [6.07, 6.45) is 0.801. The molecule has 4 heterocycles. The molecule has 0 aliphatic carbocycles. The van der Waals surface area contributed by atoms with Crippen LogP contribution < -0.4 is 0 Å². The van der Waals surface area contributed by atoms with Gasteiger partial charge in [-0.25, -0.2) is 29.0 Å². The van der Waals surface area contributed by atoms with E-state index in [9.17, 15) is 23.5 Å². The lowest BCUT2D eigenvalue weighted by molar-refractivity contribution is -0.154. The average molecular weight is 687 g/mol. The monoisotopic (exact) mass is 686 g/mol. The minimum atomic E-state index is -1.33. The molecule has 6 rings (SSSR count). The lowest BCUT2D eigenvalue weighted by atomic mass is 10.0. The van der Waals surface area contributed by atoms with E-state index in [1.165, 1.54) is 54.6 Å². The minimum absolute atomic E-state index is 0.0989. The number of carbonyl (C=O) groups is 2. The molecule has 2 aliphatic rings. The summed E-state index contributed by atoms with van der Waals surface area (Å²) in [5, 5.41) is 27.8. The number of halogens is 2. The summed E-state index contributed by atoms with van der Waals surface area (Å²) in [5.41, 5.74) is 1.88. The van der Waals surface area contributed by atoms with Gasteiger partial charge >= 0.3 is 11.9 Å². The predicted molar refractivity (Wildman–Crippen MR) is 170 cm³/mol. The van der Waals surface area contributed by atoms with Gasteiger partial charge in [0, 0.05) is 43.1 Å². The Balaban J connectivity index is 1.33. The molecule has 48 heavy (non-hydrogen) atoms. The molecule has 4 aromatic rings. The molecule has 16 heteroatoms. The van der Waals surface area contributed by atoms with E-state index in [2.05, 4.69) is 20.6 Å². The molecule has 1 N–H and O–H groups in total. The van der Waals surface area contributed by atoms with E-state index in [1.54, 1.807) is 36.7 Å². The molecule has 2 saturated heterocycles. The highest BCUT2D eigenvalue weighted by Crippen LogP contribution is 2.52. The van der Waals surface area contributed by atoms with Crippen molar-refractivity contribution in [3.05, 3.63) is 72.6 Å². The topological polar surface area (TPSA) is 153 Å². The number of thiol groups is 1. The predicted octanol–water partition coefficient (Wildman–Crippen LogP) is 2.92. The van der Waals surface area contributed by atoms with E-state index in [1.807, 2.05) is 0 Å². The highest BCUT2D eigenvalue weighted by atomic mass is 32.2. The van der Waals surface area contributed by atoms with Crippen LogP contribution in [0.4, 0.5) is 8.78 Å². The van der Waals surface area contributed by atoms with Crippen molar-refractivity contribution >= 4 is 22.8 Å². The number of ether oxygens (including phenoxy) is 4. The maximum atomic E-state index is 14.0. The first kappa shape index (κ1) is 33.6. The van der Waals surface area contributed by atoms with Gasteiger partial charge in [0.2, 0.25) is 0 Å². The maximum Gasteiger partial charge on any atom is 0.303 e. The van der Waals surface area contributed by atoms with E-state index in [-0.39, 0.29) is 19.8 Å². The number of rotatable bonds is 9. The zero-order chi connectivity index (χ0) is 33.9. The summed E-state index contributed by atoms with van der Waals surface area (Å²) in [7, 11) is 0.203. The Kier molecular flexibility index (Phi) is 10.1. The molecule has 2 fully saturated rings. The Morgan fingerprint density at radius 1 is 0.958 bits per heavy atom. The number of aliphatic hydroxyl groups excluding tert-OH is 1. The van der Waals surface area contributed by atoms with Gasteiger partial charge < -0.3 is 24.1 Å². The zero-order valence-electron chi connectivity index (χ0n) is 26.4. The molecule has 2 aromatic carbocycles. The van der Waals surface area contributed by atoms with Crippen molar-refractivity contribution in [3.63, 3.8) is 0 Å². The molecule has 2 aliphatic heterocycles. The van der Waals surface area contributed by atoms with Gasteiger partial charge in [-0.15, -0.1) is 10.2 Å². The molecule has 8 atom stereocenters. The molecule has 0 bridgehead atoms. The van der Waals surface area contributed by atoms with Gasteiger partial charge in [-0.1, -0.05) is 34.7 Å². The summed E-state index contributed by atoms with van der Waals surface area (Å²) < 4.78 is 54.5. The third-order valence-corrected chi connectivity index (χ3v) is 12.1. The third-order valence-electron chi connectivity index (χ3n) is 8.67. The molecule has 0 amide bonds. The van der Waals surface area contributed by atoms with Crippen LogP contribution in [-0.2, 0) is 28.5 Å². The minimum Gasteiger partial charge on any atom is -0.465 e. The van der Waals surface area contributed by atoms with Crippen molar-refractivity contribution < 1.29 is 42.4 Å². The summed E-state index contributed by atoms with van der Waals surface area (Å²) in [6.45, 7) is 2.81. The Labute approximate surface area is 277 Å². The highest BCUT2D eigenvalue weighted by Gasteiger charge is 2.52. The van der Waals surface area contributed by atoms with Crippen LogP contribution in [0.2, 0.25) is 0 Å². The van der Waals surface area contributed by atoms with Gasteiger partial charge in [-0.2, -0.15) is 0 Å². The van der Waals surface area contributed by atoms with Crippen LogP contribution in [0.25, 0.3) is 22.5 Å². The summed E-state index contributed by atoms with van der Waals surface area (Å²) in [5.74, 6) is -1.52. The first-order valence-corrected chi connectivity index (χ1v) is 17.0. The number of nitrogens with zero attached hydrogens (tertiary/aromatic N) is 6. The maximum absolute atomic E-state index is 14.0. The van der Waals surface area contributed by atoms with Gasteiger partial charge in [0.15, 0.2) is 0 Å². The van der Waals surface area contributed by atoms with E-state index < -0.39 is 75.4 Å². The van der Waals surface area contributed by atoms with E-state index >= 15 is 0 Å². The number of esters is 2. The van der Waals surface area contributed by atoms with Crippen LogP contribution in [-0.4, -0.2) is 109 Å². The van der Waals surface area contributed by atoms with Gasteiger partial charge in [0.1, 0.15) is 47.8 Å². The molecule has 2 aromatic heterocycles. The molecule has 0 saturated carbocycles. The third kappa shape index (κ3) is 7.11. The molecular formula is C32H36F2N6O7S. The fraction of sp³-hybridized carbons (Fsp3) is 0.438. The van der Waals surface area contributed by atoms with Gasteiger partial charge in [0.25, 0.3) is 0 Å². The average Bonchev–Trinajstić information content (AvgIpc) is 3.75. The fourth-order valence-corrected chi connectivity index (χ4v) is 10.0. The van der Waals surface area contributed by atoms with E-state index in [0.717, 1.165) is 0 Å². The first-order chi connectivity index (χ1) is 23.1. The van der Waals surface area contributed by atoms with Crippen molar-refractivity contribution in [2.45, 2.75) is 54.7 Å². The second kappa shape index (κ2) is 14.5. The number of benzene rings is 2. The van der Waals surface area contributed by atoms with Crippen LogP contribution in [0.3, 0.4) is 0 Å². The normalized spacial score (nSPS) is 28.1. The second-order valence-corrected chi connectivity index (χ2v) is 14.5. The van der Waals surface area contributed by atoms with Crippen LogP contribution >= 0.6 is 10.9 Å². The van der Waals surface area contributed by atoms with E-state index in [0.29, 0.717) is 28.3 Å². The number of carbonyl (C=O) groups excluding carboxylic acids is 2. The van der Waals surface area contributed by atoms with Crippen molar-refractivity contribution in [1.82, 2.24) is 30.0 Å². The highest BCUT2D eigenvalue weighted by molar-refractivity contribution is 8.18. The molecule has 1 unspecified atom stereocenters. The van der Waals surface area contributed by atoms with Gasteiger partial charge in [-0.3, -0.25) is 9.59 Å². The number of hydrogen-bond acceptors (Lipinski definition) is 11. The molecule has 0 spiro atoms. The van der Waals surface area contributed by atoms with E-state index in [4.69, 9.17) is 18.9 Å². The van der Waals surface area contributed by atoms with Crippen molar-refractivity contribution in [2.24, 2.45) is 0 Å². The van der Waals surface area contributed by atoms with Crippen LogP contribution in [0.15, 0.2) is 60.9 Å². The van der Waals surface area contributed by atoms with Crippen LogP contribution in [0.1, 0.15) is 25.9 Å². The summed E-state index contributed by atoms with van der Waals surface area (Å²) >= 11 is 0. The van der Waals surface area contributed by atoms with Crippen molar-refractivity contribution in [1.29, 1.82) is 0 Å². The molecule has 0 radical (unpaired) electrons. The lowest BCUT2D eigenvalue weighted by Gasteiger charge is -2.52. The number of methoxy groups -OCH3 is 1. The molecule has 256 valence electrons. The summed E-state index contributed by atoms with van der Waals surface area (Å²) in [4.78, 5) is 24.7. The second-order valence-electron chi connectivity index (χ2n) is 11.8. The fourth-order valence-electron chi connectivity index (χ4n) is 6.44. The van der Waals surface area contributed by atoms with Gasteiger partial charge in [-0.05, 0) is 24.3 Å². The Bertz CT molecular complexity index is 1760. The zero-order valence-corrected chi connectivity index (χ0v) is 27.3. The number of aromatic nitrogens is 6. The Hall–Kier alpha value is -4.25. The largest absolute Gasteiger partial charge is 0.465 e. The standard InChI is InChI=1S/C32H36F2N6O7S/c1-18(41)46-16-29-32(47-19(2)42)30(40-13-25(36-38-40)21-7-5-9-23(34)11-21)27(44-3)17-48(29)28-15-45-14-26(31(28)43)39-12-24(35-37-39)20-6-4-8-22(33)10-20/h4-13,26-32,43,48H,14-17H2,1-3H3/t26-,27-,28+,29+,30-,31+,32-/m0/s1. The van der Waals surface area contributed by atoms with Crippen LogP contribution in [0, 0.1) is 11.6 Å². The smallest absolute Gasteiger partial charge is 0.303 e. The summed E-state index contributed by atoms with van der Waals surface area (Å²) in [6, 6.07) is 10.6.